The number of hydrogen-bond acceptors (Lipinski definition) is 3. The Labute approximate surface area is 112 Å². The number of piperazine rings is 1. The summed E-state index contributed by atoms with van der Waals surface area (Å²) in [5.74, 6) is 1.40. The molecule has 1 saturated heterocycles. The molecule has 3 atom stereocenters. The summed E-state index contributed by atoms with van der Waals surface area (Å²) in [4.78, 5) is 4.95. The van der Waals surface area contributed by atoms with Gasteiger partial charge in [-0.2, -0.15) is 0 Å². The van der Waals surface area contributed by atoms with E-state index in [1.54, 1.807) is 0 Å². The molecule has 0 aromatic carbocycles. The van der Waals surface area contributed by atoms with Crippen LogP contribution in [0.3, 0.4) is 0 Å². The Kier molecular flexibility index (Phi) is 5.46. The number of nitrogens with zero attached hydrogens (tertiary/aromatic N) is 2. The first-order chi connectivity index (χ1) is 8.69. The van der Waals surface area contributed by atoms with Gasteiger partial charge in [0.2, 0.25) is 0 Å². The molecule has 0 amide bonds. The predicted octanol–water partition coefficient (Wildman–Crippen LogP) is 1.81. The third kappa shape index (κ3) is 3.94. The lowest BCUT2D eigenvalue weighted by atomic mass is 9.77. The lowest BCUT2D eigenvalue weighted by molar-refractivity contribution is 0.0174. The van der Waals surface area contributed by atoms with Crippen LogP contribution < -0.4 is 0 Å². The largest absolute Gasteiger partial charge is 0.393 e. The Morgan fingerprint density at radius 3 is 2.50 bits per heavy atom. The Bertz CT molecular complexity index is 239. The number of aliphatic hydroxyl groups is 1. The van der Waals surface area contributed by atoms with Crippen molar-refractivity contribution in [2.24, 2.45) is 11.8 Å². The van der Waals surface area contributed by atoms with Crippen LogP contribution in [0.15, 0.2) is 0 Å². The third-order valence-corrected chi connectivity index (χ3v) is 4.84. The summed E-state index contributed by atoms with van der Waals surface area (Å²) in [6, 6.07) is 0. The SMILES string of the molecule is CCCC1CCC(O)C(CN2CCN(C)CC2)C1. The first kappa shape index (κ1) is 14.3. The molecule has 3 unspecified atom stereocenters. The number of hydrogen-bond donors (Lipinski definition) is 1. The summed E-state index contributed by atoms with van der Waals surface area (Å²) < 4.78 is 0. The van der Waals surface area contributed by atoms with E-state index in [1.807, 2.05) is 0 Å². The van der Waals surface area contributed by atoms with Gasteiger partial charge >= 0.3 is 0 Å². The average molecular weight is 254 g/mol. The van der Waals surface area contributed by atoms with Crippen molar-refractivity contribution in [3.63, 3.8) is 0 Å². The smallest absolute Gasteiger partial charge is 0.0580 e. The Morgan fingerprint density at radius 2 is 1.83 bits per heavy atom. The maximum Gasteiger partial charge on any atom is 0.0580 e. The summed E-state index contributed by atoms with van der Waals surface area (Å²) in [6.07, 6.45) is 6.13. The molecule has 2 rings (SSSR count). The van der Waals surface area contributed by atoms with Crippen LogP contribution in [0.25, 0.3) is 0 Å². The van der Waals surface area contributed by atoms with Gasteiger partial charge in [-0.3, -0.25) is 0 Å². The molecule has 2 fully saturated rings. The summed E-state index contributed by atoms with van der Waals surface area (Å²) in [6.45, 7) is 8.12. The highest BCUT2D eigenvalue weighted by Gasteiger charge is 2.30. The van der Waals surface area contributed by atoms with E-state index < -0.39 is 0 Å². The van der Waals surface area contributed by atoms with Crippen molar-refractivity contribution >= 4 is 0 Å². The summed E-state index contributed by atoms with van der Waals surface area (Å²) in [5.41, 5.74) is 0. The van der Waals surface area contributed by atoms with E-state index in [0.29, 0.717) is 5.92 Å². The molecule has 106 valence electrons. The van der Waals surface area contributed by atoms with Crippen LogP contribution in [-0.2, 0) is 0 Å². The topological polar surface area (TPSA) is 26.7 Å². The molecule has 0 spiro atoms. The van der Waals surface area contributed by atoms with Crippen molar-refractivity contribution in [3.8, 4) is 0 Å². The highest BCUT2D eigenvalue weighted by Crippen LogP contribution is 2.32. The summed E-state index contributed by atoms with van der Waals surface area (Å²) in [5, 5.41) is 10.2. The van der Waals surface area contributed by atoms with Gasteiger partial charge in [-0.25, -0.2) is 0 Å². The second-order valence-electron chi connectivity index (χ2n) is 6.40. The van der Waals surface area contributed by atoms with E-state index in [0.717, 1.165) is 18.9 Å². The minimum Gasteiger partial charge on any atom is -0.393 e. The highest BCUT2D eigenvalue weighted by molar-refractivity contribution is 4.83. The van der Waals surface area contributed by atoms with Crippen molar-refractivity contribution < 1.29 is 5.11 Å². The second-order valence-corrected chi connectivity index (χ2v) is 6.40. The van der Waals surface area contributed by atoms with Gasteiger partial charge in [0.25, 0.3) is 0 Å². The standard InChI is InChI=1S/C15H30N2O/c1-3-4-13-5-6-15(18)14(11-13)12-17-9-7-16(2)8-10-17/h13-15,18H,3-12H2,1-2H3. The molecule has 0 bridgehead atoms. The first-order valence-electron chi connectivity index (χ1n) is 7.78. The first-order valence-corrected chi connectivity index (χ1v) is 7.78. The molecule has 1 heterocycles. The lowest BCUT2D eigenvalue weighted by Gasteiger charge is -2.39. The molecular formula is C15H30N2O. The summed E-state index contributed by atoms with van der Waals surface area (Å²) in [7, 11) is 2.20. The fourth-order valence-corrected chi connectivity index (χ4v) is 3.57. The van der Waals surface area contributed by atoms with Crippen LogP contribution in [0.4, 0.5) is 0 Å². The van der Waals surface area contributed by atoms with Crippen LogP contribution in [0.1, 0.15) is 39.0 Å². The van der Waals surface area contributed by atoms with Crippen molar-refractivity contribution in [2.75, 3.05) is 39.8 Å². The molecule has 0 radical (unpaired) electrons. The average Bonchev–Trinajstić information content (AvgIpc) is 2.36. The number of aliphatic hydroxyl groups excluding tert-OH is 1. The third-order valence-electron chi connectivity index (χ3n) is 4.84. The molecule has 1 aliphatic heterocycles. The normalized spacial score (nSPS) is 35.8. The van der Waals surface area contributed by atoms with Crippen LogP contribution in [-0.4, -0.2) is 60.8 Å². The molecule has 3 heteroatoms. The van der Waals surface area contributed by atoms with Gasteiger partial charge in [0.15, 0.2) is 0 Å². The van der Waals surface area contributed by atoms with Crippen molar-refractivity contribution in [2.45, 2.75) is 45.1 Å². The number of likely N-dealkylation sites (N-methyl/N-ethyl adjacent to an activating group) is 1. The maximum absolute atomic E-state index is 10.2. The van der Waals surface area contributed by atoms with E-state index in [9.17, 15) is 5.11 Å². The zero-order valence-electron chi connectivity index (χ0n) is 12.1. The molecule has 3 nitrogen and oxygen atoms in total. The van der Waals surface area contributed by atoms with Crippen LogP contribution in [0, 0.1) is 11.8 Å². The molecule has 1 saturated carbocycles. The van der Waals surface area contributed by atoms with E-state index >= 15 is 0 Å². The number of rotatable bonds is 4. The minimum absolute atomic E-state index is 0.0437. The van der Waals surface area contributed by atoms with Crippen molar-refractivity contribution in [1.29, 1.82) is 0 Å². The zero-order chi connectivity index (χ0) is 13.0. The van der Waals surface area contributed by atoms with Crippen LogP contribution >= 0.6 is 0 Å². The fourth-order valence-electron chi connectivity index (χ4n) is 3.57. The summed E-state index contributed by atoms with van der Waals surface area (Å²) >= 11 is 0. The molecule has 1 aliphatic carbocycles. The fraction of sp³-hybridized carbons (Fsp3) is 1.00. The zero-order valence-corrected chi connectivity index (χ0v) is 12.1. The van der Waals surface area contributed by atoms with E-state index in [-0.39, 0.29) is 6.10 Å². The van der Waals surface area contributed by atoms with Gasteiger partial charge in [0, 0.05) is 32.7 Å². The minimum atomic E-state index is -0.0437. The van der Waals surface area contributed by atoms with Gasteiger partial charge in [-0.05, 0) is 38.1 Å². The van der Waals surface area contributed by atoms with Gasteiger partial charge in [-0.1, -0.05) is 19.8 Å². The van der Waals surface area contributed by atoms with Crippen LogP contribution in [0.2, 0.25) is 0 Å². The molecule has 0 aromatic rings. The van der Waals surface area contributed by atoms with Gasteiger partial charge in [0.1, 0.15) is 0 Å². The molecule has 2 aliphatic rings. The van der Waals surface area contributed by atoms with Gasteiger partial charge < -0.3 is 14.9 Å². The molecular weight excluding hydrogens is 224 g/mol. The van der Waals surface area contributed by atoms with Crippen LogP contribution in [0.5, 0.6) is 0 Å². The second kappa shape index (κ2) is 6.88. The Morgan fingerprint density at radius 1 is 1.11 bits per heavy atom. The molecule has 0 aromatic heterocycles. The molecule has 18 heavy (non-hydrogen) atoms. The van der Waals surface area contributed by atoms with Gasteiger partial charge in [0.05, 0.1) is 6.10 Å². The Balaban J connectivity index is 1.79. The van der Waals surface area contributed by atoms with Crippen molar-refractivity contribution in [1.82, 2.24) is 9.80 Å². The quantitative estimate of drug-likeness (QED) is 0.829. The maximum atomic E-state index is 10.2. The van der Waals surface area contributed by atoms with Gasteiger partial charge in [-0.15, -0.1) is 0 Å². The van der Waals surface area contributed by atoms with E-state index in [2.05, 4.69) is 23.8 Å². The monoisotopic (exact) mass is 254 g/mol. The lowest BCUT2D eigenvalue weighted by Crippen LogP contribution is -2.48. The molecule has 1 N–H and O–H groups in total. The highest BCUT2D eigenvalue weighted by atomic mass is 16.3. The predicted molar refractivity (Wildman–Crippen MR) is 75.7 cm³/mol. The van der Waals surface area contributed by atoms with E-state index in [1.165, 1.54) is 51.9 Å². The van der Waals surface area contributed by atoms with E-state index in [4.69, 9.17) is 0 Å². The Hall–Kier alpha value is -0.120. The van der Waals surface area contributed by atoms with Crippen molar-refractivity contribution in [3.05, 3.63) is 0 Å².